The maximum absolute atomic E-state index is 11.7. The van der Waals surface area contributed by atoms with E-state index < -0.39 is 45.2 Å². The number of carbonyl (C=O) groups is 1. The van der Waals surface area contributed by atoms with Crippen molar-refractivity contribution >= 4 is 27.3 Å². The summed E-state index contributed by atoms with van der Waals surface area (Å²) in [6, 6.07) is -1.08. The summed E-state index contributed by atoms with van der Waals surface area (Å²) in [6.07, 6.45) is 0. The van der Waals surface area contributed by atoms with Gasteiger partial charge in [-0.25, -0.2) is 22.9 Å². The highest BCUT2D eigenvalue weighted by Crippen LogP contribution is 2.19. The minimum Gasteiger partial charge on any atom is -0.476 e. The molecule has 0 fully saturated rings. The quantitative estimate of drug-likeness (QED) is 0.497. The number of aromatic nitrogens is 1. The van der Waals surface area contributed by atoms with Crippen molar-refractivity contribution < 1.29 is 28.5 Å². The number of thiazole rings is 1. The molecule has 96 valence electrons. The fraction of sp³-hybridized carbons (Fsp3) is 0.429. The van der Waals surface area contributed by atoms with Crippen LogP contribution in [0.2, 0.25) is 0 Å². The average Bonchev–Trinajstić information content (AvgIpc) is 2.75. The van der Waals surface area contributed by atoms with E-state index in [2.05, 4.69) is 4.98 Å². The molecule has 0 spiro atoms. The Labute approximate surface area is 101 Å². The maximum atomic E-state index is 11.7. The van der Waals surface area contributed by atoms with Crippen molar-refractivity contribution in [3.05, 3.63) is 11.2 Å². The monoisotopic (exact) mass is 282 g/mol. The number of sulfonamides is 1. The molecule has 8 nitrogen and oxygen atoms in total. The Kier molecular flexibility index (Phi) is 4.54. The van der Waals surface area contributed by atoms with E-state index in [1.165, 1.54) is 0 Å². The van der Waals surface area contributed by atoms with Gasteiger partial charge in [0.25, 0.3) is 10.0 Å². The van der Waals surface area contributed by atoms with E-state index in [1.54, 1.807) is 0 Å². The Bertz CT molecular complexity index is 492. The van der Waals surface area contributed by atoms with E-state index >= 15 is 0 Å². The average molecular weight is 282 g/mol. The third-order valence-electron chi connectivity index (χ3n) is 1.74. The molecule has 10 heteroatoms. The Morgan fingerprint density at radius 2 is 2.06 bits per heavy atom. The Morgan fingerprint density at radius 1 is 1.47 bits per heavy atom. The fourth-order valence-electron chi connectivity index (χ4n) is 0.974. The molecule has 1 rings (SSSR count). The van der Waals surface area contributed by atoms with E-state index in [0.717, 1.165) is 5.51 Å². The van der Waals surface area contributed by atoms with Crippen LogP contribution in [0.3, 0.4) is 0 Å². The van der Waals surface area contributed by atoms with Crippen LogP contribution in [0.15, 0.2) is 9.72 Å². The van der Waals surface area contributed by atoms with Gasteiger partial charge in [0.15, 0.2) is 9.90 Å². The largest absolute Gasteiger partial charge is 0.476 e. The first-order valence-corrected chi connectivity index (χ1v) is 6.69. The number of aliphatic hydroxyl groups is 2. The minimum absolute atomic E-state index is 0.461. The number of aliphatic hydroxyl groups excluding tert-OH is 2. The lowest BCUT2D eigenvalue weighted by molar-refractivity contribution is 0.0687. The van der Waals surface area contributed by atoms with Crippen LogP contribution in [0.1, 0.15) is 10.5 Å². The van der Waals surface area contributed by atoms with Gasteiger partial charge in [-0.2, -0.15) is 0 Å². The zero-order chi connectivity index (χ0) is 13.1. The standard InChI is InChI=1S/C7H10N2O6S2/c10-1-4(2-11)9-17(14,15)7-5(6(12)13)8-3-16-7/h3-4,9-11H,1-2H2,(H,12,13). The molecule has 0 aliphatic carbocycles. The second-order valence-electron chi connectivity index (χ2n) is 2.98. The summed E-state index contributed by atoms with van der Waals surface area (Å²) in [4.78, 5) is 14.1. The number of nitrogens with one attached hydrogen (secondary N) is 1. The Hall–Kier alpha value is -1.07. The minimum atomic E-state index is -4.11. The van der Waals surface area contributed by atoms with Gasteiger partial charge in [0.2, 0.25) is 0 Å². The summed E-state index contributed by atoms with van der Waals surface area (Å²) in [6.45, 7) is -1.20. The molecule has 0 amide bonds. The highest BCUT2D eigenvalue weighted by atomic mass is 32.2. The van der Waals surface area contributed by atoms with Crippen LogP contribution in [0, 0.1) is 0 Å². The van der Waals surface area contributed by atoms with Gasteiger partial charge in [-0.3, -0.25) is 0 Å². The van der Waals surface area contributed by atoms with E-state index in [-0.39, 0.29) is 0 Å². The van der Waals surface area contributed by atoms with Crippen molar-refractivity contribution in [1.82, 2.24) is 9.71 Å². The van der Waals surface area contributed by atoms with Crippen LogP contribution >= 0.6 is 11.3 Å². The summed E-state index contributed by atoms with van der Waals surface area (Å²) in [7, 11) is -4.11. The van der Waals surface area contributed by atoms with Crippen LogP contribution < -0.4 is 4.72 Å². The molecule has 0 bridgehead atoms. The molecule has 0 saturated carbocycles. The molecule has 4 N–H and O–H groups in total. The SMILES string of the molecule is O=C(O)c1ncsc1S(=O)(=O)NC(CO)CO. The first-order valence-electron chi connectivity index (χ1n) is 4.33. The number of hydrogen-bond acceptors (Lipinski definition) is 7. The summed E-state index contributed by atoms with van der Waals surface area (Å²) in [5.74, 6) is -1.46. The number of aromatic carboxylic acids is 1. The summed E-state index contributed by atoms with van der Waals surface area (Å²) in [5.41, 5.74) is 0.502. The number of carboxylic acid groups (broad SMARTS) is 1. The zero-order valence-corrected chi connectivity index (χ0v) is 10.0. The smallest absolute Gasteiger partial charge is 0.356 e. The second-order valence-corrected chi connectivity index (χ2v) is 5.74. The van der Waals surface area contributed by atoms with Gasteiger partial charge in [0, 0.05) is 0 Å². The maximum Gasteiger partial charge on any atom is 0.356 e. The molecule has 17 heavy (non-hydrogen) atoms. The fourth-order valence-corrected chi connectivity index (χ4v) is 3.35. The molecule has 0 radical (unpaired) electrons. The molecule has 0 aromatic carbocycles. The highest BCUT2D eigenvalue weighted by molar-refractivity contribution is 7.91. The number of carboxylic acids is 1. The van der Waals surface area contributed by atoms with Crippen molar-refractivity contribution in [1.29, 1.82) is 0 Å². The van der Waals surface area contributed by atoms with E-state index in [4.69, 9.17) is 15.3 Å². The molecule has 1 heterocycles. The lowest BCUT2D eigenvalue weighted by atomic mass is 10.4. The highest BCUT2D eigenvalue weighted by Gasteiger charge is 2.27. The molecule has 0 aliphatic rings. The van der Waals surface area contributed by atoms with Gasteiger partial charge in [-0.05, 0) is 0 Å². The van der Waals surface area contributed by atoms with E-state index in [0.29, 0.717) is 11.3 Å². The third-order valence-corrected chi connectivity index (χ3v) is 4.63. The number of hydrogen-bond donors (Lipinski definition) is 4. The van der Waals surface area contributed by atoms with Crippen molar-refractivity contribution in [2.24, 2.45) is 0 Å². The van der Waals surface area contributed by atoms with Crippen LogP contribution in [-0.4, -0.2) is 53.9 Å². The predicted molar refractivity (Wildman–Crippen MR) is 57.4 cm³/mol. The lowest BCUT2D eigenvalue weighted by Crippen LogP contribution is -2.40. The molecule has 0 aliphatic heterocycles. The van der Waals surface area contributed by atoms with E-state index in [1.807, 2.05) is 4.72 Å². The van der Waals surface area contributed by atoms with Gasteiger partial charge < -0.3 is 15.3 Å². The molecule has 1 aromatic rings. The molecule has 1 aromatic heterocycles. The Balaban J connectivity index is 3.05. The molecule has 0 atom stereocenters. The van der Waals surface area contributed by atoms with Crippen molar-refractivity contribution in [2.75, 3.05) is 13.2 Å². The van der Waals surface area contributed by atoms with Crippen molar-refractivity contribution in [2.45, 2.75) is 10.3 Å². The summed E-state index contributed by atoms with van der Waals surface area (Å²) < 4.78 is 24.9. The van der Waals surface area contributed by atoms with Crippen LogP contribution in [0.5, 0.6) is 0 Å². The molecular formula is C7H10N2O6S2. The number of nitrogens with zero attached hydrogens (tertiary/aromatic N) is 1. The van der Waals surface area contributed by atoms with E-state index in [9.17, 15) is 13.2 Å². The zero-order valence-electron chi connectivity index (χ0n) is 8.40. The molecular weight excluding hydrogens is 272 g/mol. The second kappa shape index (κ2) is 5.51. The summed E-state index contributed by atoms with van der Waals surface area (Å²) >= 11 is 0.642. The number of rotatable bonds is 6. The van der Waals surface area contributed by atoms with Gasteiger partial charge in [-0.15, -0.1) is 11.3 Å². The third kappa shape index (κ3) is 3.20. The van der Waals surface area contributed by atoms with Gasteiger partial charge in [-0.1, -0.05) is 0 Å². The van der Waals surface area contributed by atoms with Gasteiger partial charge in [0.1, 0.15) is 0 Å². The first-order chi connectivity index (χ1) is 7.92. The van der Waals surface area contributed by atoms with Crippen LogP contribution in [-0.2, 0) is 10.0 Å². The lowest BCUT2D eigenvalue weighted by Gasteiger charge is -2.12. The predicted octanol–water partition coefficient (Wildman–Crippen LogP) is -1.53. The first kappa shape index (κ1) is 14.0. The summed E-state index contributed by atoms with van der Waals surface area (Å²) in [5, 5.41) is 26.2. The Morgan fingerprint density at radius 3 is 2.53 bits per heavy atom. The van der Waals surface area contributed by atoms with Crippen molar-refractivity contribution in [3.63, 3.8) is 0 Å². The molecule has 0 unspecified atom stereocenters. The topological polar surface area (TPSA) is 137 Å². The van der Waals surface area contributed by atoms with Gasteiger partial charge in [0.05, 0.1) is 24.8 Å². The normalized spacial score (nSPS) is 11.9. The van der Waals surface area contributed by atoms with Crippen molar-refractivity contribution in [3.8, 4) is 0 Å². The van der Waals surface area contributed by atoms with Crippen LogP contribution in [0.25, 0.3) is 0 Å². The van der Waals surface area contributed by atoms with Gasteiger partial charge >= 0.3 is 5.97 Å². The van der Waals surface area contributed by atoms with Crippen LogP contribution in [0.4, 0.5) is 0 Å². The molecule has 0 saturated heterocycles.